The Morgan fingerprint density at radius 1 is 1.00 bits per heavy atom. The van der Waals surface area contributed by atoms with Crippen molar-refractivity contribution in [1.82, 2.24) is 4.57 Å². The monoisotopic (exact) mass is 400 g/mol. The predicted octanol–water partition coefficient (Wildman–Crippen LogP) is 3.25. The number of hydrogen-bond acceptors (Lipinski definition) is 5. The third-order valence-electron chi connectivity index (χ3n) is 4.82. The van der Waals surface area contributed by atoms with Gasteiger partial charge in [0.15, 0.2) is 0 Å². The summed E-state index contributed by atoms with van der Waals surface area (Å²) in [5.74, 6) is -1.70. The summed E-state index contributed by atoms with van der Waals surface area (Å²) in [7, 11) is 2.55. The molecule has 0 bridgehead atoms. The molecule has 156 valence electrons. The van der Waals surface area contributed by atoms with Crippen molar-refractivity contribution in [3.8, 4) is 11.3 Å². The molecule has 7 heteroatoms. The van der Waals surface area contributed by atoms with Gasteiger partial charge in [0, 0.05) is 18.7 Å². The number of carbonyl (C=O) groups is 3. The van der Waals surface area contributed by atoms with Crippen LogP contribution >= 0.6 is 0 Å². The first kappa shape index (κ1) is 22.2. The van der Waals surface area contributed by atoms with Crippen molar-refractivity contribution in [2.24, 2.45) is 5.73 Å². The summed E-state index contributed by atoms with van der Waals surface area (Å²) in [6, 6.07) is 7.60. The van der Waals surface area contributed by atoms with Gasteiger partial charge >= 0.3 is 11.9 Å². The largest absolute Gasteiger partial charge is 0.465 e. The highest BCUT2D eigenvalue weighted by Gasteiger charge is 2.32. The number of nitrogens with two attached hydrogens (primary N) is 1. The van der Waals surface area contributed by atoms with E-state index in [0.717, 1.165) is 24.0 Å². The second kappa shape index (κ2) is 9.91. The summed E-state index contributed by atoms with van der Waals surface area (Å²) < 4.78 is 11.8. The summed E-state index contributed by atoms with van der Waals surface area (Å²) in [4.78, 5) is 36.9. The normalized spacial score (nSPS) is 10.6. The van der Waals surface area contributed by atoms with Crippen LogP contribution in [0.1, 0.15) is 58.2 Å². The fourth-order valence-corrected chi connectivity index (χ4v) is 3.37. The van der Waals surface area contributed by atoms with Crippen LogP contribution in [0.4, 0.5) is 0 Å². The van der Waals surface area contributed by atoms with E-state index in [1.807, 2.05) is 42.7 Å². The quantitative estimate of drug-likeness (QED) is 0.651. The van der Waals surface area contributed by atoms with Crippen LogP contribution in [0.25, 0.3) is 11.3 Å². The maximum absolute atomic E-state index is 12.8. The fourth-order valence-electron chi connectivity index (χ4n) is 3.37. The minimum atomic E-state index is -0.628. The van der Waals surface area contributed by atoms with Crippen molar-refractivity contribution in [1.29, 1.82) is 0 Å². The van der Waals surface area contributed by atoms with Gasteiger partial charge in [0.05, 0.1) is 25.5 Å². The van der Waals surface area contributed by atoms with E-state index in [-0.39, 0.29) is 24.1 Å². The Balaban J connectivity index is 2.88. The third kappa shape index (κ3) is 4.85. The standard InChI is InChI=1S/C22H28N2O5/c1-5-6-7-16-18(21(26)28-3)19(22(27)29-4)20(24(16)13-12-17(23)25)15-10-8-14(2)9-11-15/h8-11H,5-7,12-13H2,1-4H3,(H2,23,25). The molecule has 0 aliphatic heterocycles. The van der Waals surface area contributed by atoms with Crippen molar-refractivity contribution in [3.05, 3.63) is 46.6 Å². The molecular weight excluding hydrogens is 372 g/mol. The number of hydrogen-bond donors (Lipinski definition) is 1. The summed E-state index contributed by atoms with van der Waals surface area (Å²) in [6.45, 7) is 4.25. The van der Waals surface area contributed by atoms with Crippen LogP contribution in [0.15, 0.2) is 24.3 Å². The summed E-state index contributed by atoms with van der Waals surface area (Å²) in [5, 5.41) is 0. The first-order chi connectivity index (χ1) is 13.8. The molecule has 1 amide bonds. The molecule has 1 aromatic heterocycles. The Morgan fingerprint density at radius 2 is 1.59 bits per heavy atom. The molecule has 0 saturated heterocycles. The van der Waals surface area contributed by atoms with Crippen LogP contribution in [-0.4, -0.2) is 36.6 Å². The van der Waals surface area contributed by atoms with Gasteiger partial charge in [-0.05, 0) is 25.3 Å². The van der Waals surface area contributed by atoms with E-state index in [1.54, 1.807) is 0 Å². The SMILES string of the molecule is CCCCc1c(C(=O)OC)c(C(=O)OC)c(-c2ccc(C)cc2)n1CCC(N)=O. The third-order valence-corrected chi connectivity index (χ3v) is 4.82. The Morgan fingerprint density at radius 3 is 2.10 bits per heavy atom. The van der Waals surface area contributed by atoms with Gasteiger partial charge in [0.25, 0.3) is 0 Å². The molecule has 0 unspecified atom stereocenters. The molecule has 0 fully saturated rings. The molecule has 2 N–H and O–H groups in total. The maximum Gasteiger partial charge on any atom is 0.340 e. The van der Waals surface area contributed by atoms with E-state index in [1.165, 1.54) is 14.2 Å². The molecule has 1 aromatic carbocycles. The zero-order valence-electron chi connectivity index (χ0n) is 17.4. The van der Waals surface area contributed by atoms with E-state index in [4.69, 9.17) is 15.2 Å². The minimum Gasteiger partial charge on any atom is -0.465 e. The van der Waals surface area contributed by atoms with E-state index in [2.05, 4.69) is 0 Å². The highest BCUT2D eigenvalue weighted by Crippen LogP contribution is 2.34. The molecule has 0 aliphatic carbocycles. The van der Waals surface area contributed by atoms with Gasteiger partial charge in [-0.25, -0.2) is 9.59 Å². The highest BCUT2D eigenvalue weighted by molar-refractivity contribution is 6.09. The van der Waals surface area contributed by atoms with Crippen molar-refractivity contribution in [2.45, 2.75) is 46.1 Å². The molecule has 0 spiro atoms. The molecule has 0 aliphatic rings. The number of primary amides is 1. The predicted molar refractivity (Wildman–Crippen MR) is 110 cm³/mol. The van der Waals surface area contributed by atoms with Gasteiger partial charge < -0.3 is 19.8 Å². The van der Waals surface area contributed by atoms with Crippen LogP contribution in [0.5, 0.6) is 0 Å². The number of carbonyl (C=O) groups excluding carboxylic acids is 3. The number of methoxy groups -OCH3 is 2. The van der Waals surface area contributed by atoms with Crippen LogP contribution in [0.3, 0.4) is 0 Å². The fraction of sp³-hybridized carbons (Fsp3) is 0.409. The number of amides is 1. The van der Waals surface area contributed by atoms with Crippen molar-refractivity contribution >= 4 is 17.8 Å². The smallest absolute Gasteiger partial charge is 0.340 e. The van der Waals surface area contributed by atoms with Gasteiger partial charge in [-0.15, -0.1) is 0 Å². The number of nitrogens with zero attached hydrogens (tertiary/aromatic N) is 1. The maximum atomic E-state index is 12.8. The van der Waals surface area contributed by atoms with Gasteiger partial charge in [-0.3, -0.25) is 4.79 Å². The molecule has 29 heavy (non-hydrogen) atoms. The number of aromatic nitrogens is 1. The average Bonchev–Trinajstić information content (AvgIpc) is 3.04. The lowest BCUT2D eigenvalue weighted by Crippen LogP contribution is -2.16. The Hall–Kier alpha value is -3.09. The van der Waals surface area contributed by atoms with E-state index >= 15 is 0 Å². The molecule has 1 heterocycles. The van der Waals surface area contributed by atoms with Crippen LogP contribution in [0, 0.1) is 6.92 Å². The van der Waals surface area contributed by atoms with Gasteiger partial charge in [-0.1, -0.05) is 43.2 Å². The number of ether oxygens (including phenoxy) is 2. The first-order valence-corrected chi connectivity index (χ1v) is 9.62. The number of benzene rings is 1. The zero-order chi connectivity index (χ0) is 21.6. The molecule has 2 aromatic rings. The molecule has 0 radical (unpaired) electrons. The lowest BCUT2D eigenvalue weighted by atomic mass is 10.0. The molecular formula is C22H28N2O5. The van der Waals surface area contributed by atoms with Crippen LogP contribution in [0.2, 0.25) is 0 Å². The van der Waals surface area contributed by atoms with Crippen molar-refractivity contribution in [3.63, 3.8) is 0 Å². The van der Waals surface area contributed by atoms with E-state index in [0.29, 0.717) is 17.8 Å². The first-order valence-electron chi connectivity index (χ1n) is 9.62. The molecule has 0 saturated carbocycles. The number of aryl methyl sites for hydroxylation is 1. The molecule has 7 nitrogen and oxygen atoms in total. The summed E-state index contributed by atoms with van der Waals surface area (Å²) >= 11 is 0. The molecule has 2 rings (SSSR count). The Kier molecular flexibility index (Phi) is 7.59. The average molecular weight is 400 g/mol. The zero-order valence-corrected chi connectivity index (χ0v) is 17.4. The topological polar surface area (TPSA) is 101 Å². The lowest BCUT2D eigenvalue weighted by Gasteiger charge is -2.14. The highest BCUT2D eigenvalue weighted by atomic mass is 16.5. The van der Waals surface area contributed by atoms with E-state index < -0.39 is 17.8 Å². The Bertz CT molecular complexity index is 897. The lowest BCUT2D eigenvalue weighted by molar-refractivity contribution is -0.118. The second-order valence-electron chi connectivity index (χ2n) is 6.87. The van der Waals surface area contributed by atoms with E-state index in [9.17, 15) is 14.4 Å². The Labute approximate surface area is 170 Å². The van der Waals surface area contributed by atoms with Gasteiger partial charge in [-0.2, -0.15) is 0 Å². The number of rotatable bonds is 9. The minimum absolute atomic E-state index is 0.0773. The number of esters is 2. The van der Waals surface area contributed by atoms with Crippen molar-refractivity contribution < 1.29 is 23.9 Å². The second-order valence-corrected chi connectivity index (χ2v) is 6.87. The van der Waals surface area contributed by atoms with Gasteiger partial charge in [0.2, 0.25) is 5.91 Å². The van der Waals surface area contributed by atoms with Crippen LogP contribution in [-0.2, 0) is 27.2 Å². The van der Waals surface area contributed by atoms with Gasteiger partial charge in [0.1, 0.15) is 5.56 Å². The molecule has 0 atom stereocenters. The van der Waals surface area contributed by atoms with Crippen LogP contribution < -0.4 is 5.73 Å². The summed E-state index contributed by atoms with van der Waals surface area (Å²) in [6.07, 6.45) is 2.33. The summed E-state index contributed by atoms with van der Waals surface area (Å²) in [5.41, 5.74) is 8.70. The van der Waals surface area contributed by atoms with Crippen molar-refractivity contribution in [2.75, 3.05) is 14.2 Å². The number of unbranched alkanes of at least 4 members (excludes halogenated alkanes) is 1.